The quantitative estimate of drug-likeness (QED) is 0.671. The van der Waals surface area contributed by atoms with Gasteiger partial charge in [0.1, 0.15) is 11.5 Å². The maximum atomic E-state index is 12.1. The standard InChI is InChI=1S/C14H22F2N2OS/c1-2-18(11-3-4-11)8-7-17-9-12-5-6-13(19-12)10-20-14(15)16/h5-6,11,14,17H,2-4,7-10H2,1H3. The van der Waals surface area contributed by atoms with Crippen LogP contribution in [0.5, 0.6) is 0 Å². The molecular formula is C14H22F2N2OS. The number of rotatable bonds is 10. The fourth-order valence-electron chi connectivity index (χ4n) is 2.21. The number of nitrogens with zero attached hydrogens (tertiary/aromatic N) is 1. The average molecular weight is 304 g/mol. The highest BCUT2D eigenvalue weighted by Crippen LogP contribution is 2.25. The summed E-state index contributed by atoms with van der Waals surface area (Å²) in [6.07, 6.45) is 2.66. The number of thioether (sulfide) groups is 1. The summed E-state index contributed by atoms with van der Waals surface area (Å²) in [5.41, 5.74) is 0. The Morgan fingerprint density at radius 3 is 2.80 bits per heavy atom. The fraction of sp³-hybridized carbons (Fsp3) is 0.714. The van der Waals surface area contributed by atoms with Crippen LogP contribution in [0.2, 0.25) is 0 Å². The molecule has 114 valence electrons. The zero-order valence-corrected chi connectivity index (χ0v) is 12.6. The van der Waals surface area contributed by atoms with Gasteiger partial charge in [0, 0.05) is 19.1 Å². The number of halogens is 2. The molecule has 0 amide bonds. The lowest BCUT2D eigenvalue weighted by atomic mass is 10.4. The summed E-state index contributed by atoms with van der Waals surface area (Å²) in [4.78, 5) is 2.49. The molecule has 0 aromatic carbocycles. The molecule has 0 saturated heterocycles. The molecule has 0 spiro atoms. The predicted molar refractivity (Wildman–Crippen MR) is 78.0 cm³/mol. The zero-order valence-electron chi connectivity index (χ0n) is 11.8. The molecule has 1 N–H and O–H groups in total. The van der Waals surface area contributed by atoms with Crippen LogP contribution in [0, 0.1) is 0 Å². The first-order valence-electron chi connectivity index (χ1n) is 7.11. The molecule has 1 aromatic rings. The summed E-state index contributed by atoms with van der Waals surface area (Å²) in [5, 5.41) is 3.34. The molecule has 6 heteroatoms. The van der Waals surface area contributed by atoms with Crippen molar-refractivity contribution in [3.63, 3.8) is 0 Å². The maximum Gasteiger partial charge on any atom is 0.284 e. The normalized spacial score (nSPS) is 15.4. The predicted octanol–water partition coefficient (Wildman–Crippen LogP) is 3.31. The van der Waals surface area contributed by atoms with Gasteiger partial charge in [0.2, 0.25) is 0 Å². The molecular weight excluding hydrogens is 282 g/mol. The lowest BCUT2D eigenvalue weighted by Gasteiger charge is -2.19. The maximum absolute atomic E-state index is 12.1. The third kappa shape index (κ3) is 5.42. The second-order valence-electron chi connectivity index (χ2n) is 4.98. The molecule has 3 nitrogen and oxygen atoms in total. The minimum Gasteiger partial charge on any atom is -0.464 e. The summed E-state index contributed by atoms with van der Waals surface area (Å²) >= 11 is 0.589. The number of hydrogen-bond acceptors (Lipinski definition) is 4. The first-order valence-corrected chi connectivity index (χ1v) is 8.16. The SMILES string of the molecule is CCN(CCNCc1ccc(CSC(F)F)o1)C1CC1. The van der Waals surface area contributed by atoms with Gasteiger partial charge in [-0.15, -0.1) is 0 Å². The van der Waals surface area contributed by atoms with Crippen molar-refractivity contribution in [2.24, 2.45) is 0 Å². The number of furan rings is 1. The molecule has 1 fully saturated rings. The molecule has 1 saturated carbocycles. The Hall–Kier alpha value is -0.590. The molecule has 1 heterocycles. The van der Waals surface area contributed by atoms with E-state index in [2.05, 4.69) is 17.1 Å². The van der Waals surface area contributed by atoms with Crippen LogP contribution in [0.4, 0.5) is 8.78 Å². The van der Waals surface area contributed by atoms with Crippen LogP contribution in [-0.4, -0.2) is 36.3 Å². The molecule has 20 heavy (non-hydrogen) atoms. The Morgan fingerprint density at radius 1 is 1.40 bits per heavy atom. The van der Waals surface area contributed by atoms with Crippen molar-refractivity contribution in [1.82, 2.24) is 10.2 Å². The van der Waals surface area contributed by atoms with Crippen LogP contribution in [0.3, 0.4) is 0 Å². The van der Waals surface area contributed by atoms with E-state index in [0.717, 1.165) is 31.4 Å². The van der Waals surface area contributed by atoms with Crippen LogP contribution in [0.15, 0.2) is 16.5 Å². The second-order valence-corrected chi connectivity index (χ2v) is 5.95. The summed E-state index contributed by atoms with van der Waals surface area (Å²) in [5.74, 6) is -0.697. The smallest absolute Gasteiger partial charge is 0.284 e. The molecule has 2 rings (SSSR count). The summed E-state index contributed by atoms with van der Waals surface area (Å²) < 4.78 is 29.6. The van der Waals surface area contributed by atoms with Gasteiger partial charge in [0.15, 0.2) is 0 Å². The summed E-state index contributed by atoms with van der Waals surface area (Å²) in [7, 11) is 0. The number of nitrogens with one attached hydrogen (secondary N) is 1. The van der Waals surface area contributed by atoms with E-state index >= 15 is 0 Å². The molecule has 0 unspecified atom stereocenters. The average Bonchev–Trinajstić information content (AvgIpc) is 3.16. The monoisotopic (exact) mass is 304 g/mol. The lowest BCUT2D eigenvalue weighted by molar-refractivity contribution is 0.251. The Balaban J connectivity index is 1.61. The van der Waals surface area contributed by atoms with E-state index in [0.29, 0.717) is 24.1 Å². The Kier molecular flexibility index (Phi) is 6.32. The minimum absolute atomic E-state index is 0.225. The zero-order chi connectivity index (χ0) is 14.4. The molecule has 1 aliphatic rings. The Morgan fingerprint density at radius 2 is 2.15 bits per heavy atom. The van der Waals surface area contributed by atoms with Gasteiger partial charge in [-0.1, -0.05) is 18.7 Å². The van der Waals surface area contributed by atoms with Crippen molar-refractivity contribution < 1.29 is 13.2 Å². The van der Waals surface area contributed by atoms with Crippen LogP contribution in [0.1, 0.15) is 31.3 Å². The summed E-state index contributed by atoms with van der Waals surface area (Å²) in [6.45, 7) is 5.92. The van der Waals surface area contributed by atoms with Crippen molar-refractivity contribution in [3.8, 4) is 0 Å². The van der Waals surface area contributed by atoms with E-state index in [1.54, 1.807) is 6.07 Å². The van der Waals surface area contributed by atoms with Crippen LogP contribution < -0.4 is 5.32 Å². The highest BCUT2D eigenvalue weighted by atomic mass is 32.2. The topological polar surface area (TPSA) is 28.4 Å². The van der Waals surface area contributed by atoms with Crippen molar-refractivity contribution in [3.05, 3.63) is 23.7 Å². The highest BCUT2D eigenvalue weighted by molar-refractivity contribution is 7.98. The minimum atomic E-state index is -2.34. The van der Waals surface area contributed by atoms with Crippen molar-refractivity contribution in [2.75, 3.05) is 19.6 Å². The van der Waals surface area contributed by atoms with E-state index in [1.165, 1.54) is 12.8 Å². The van der Waals surface area contributed by atoms with Crippen LogP contribution >= 0.6 is 11.8 Å². The lowest BCUT2D eigenvalue weighted by Crippen LogP contribution is -2.33. The van der Waals surface area contributed by atoms with E-state index in [4.69, 9.17) is 4.42 Å². The number of hydrogen-bond donors (Lipinski definition) is 1. The van der Waals surface area contributed by atoms with E-state index in [1.807, 2.05) is 6.07 Å². The molecule has 1 aromatic heterocycles. The fourth-order valence-corrected chi connectivity index (χ4v) is 2.66. The molecule has 0 atom stereocenters. The van der Waals surface area contributed by atoms with Gasteiger partial charge >= 0.3 is 0 Å². The van der Waals surface area contributed by atoms with Gasteiger partial charge in [-0.2, -0.15) is 8.78 Å². The highest BCUT2D eigenvalue weighted by Gasteiger charge is 2.26. The van der Waals surface area contributed by atoms with E-state index in [9.17, 15) is 8.78 Å². The van der Waals surface area contributed by atoms with E-state index in [-0.39, 0.29) is 5.75 Å². The van der Waals surface area contributed by atoms with Gasteiger partial charge in [0.25, 0.3) is 5.76 Å². The third-order valence-corrected chi connectivity index (χ3v) is 4.12. The summed E-state index contributed by atoms with van der Waals surface area (Å²) in [6, 6.07) is 4.42. The first kappa shape index (κ1) is 15.8. The van der Waals surface area contributed by atoms with Crippen molar-refractivity contribution in [2.45, 2.75) is 43.9 Å². The Bertz CT molecular complexity index is 396. The van der Waals surface area contributed by atoms with Crippen molar-refractivity contribution in [1.29, 1.82) is 0 Å². The van der Waals surface area contributed by atoms with E-state index < -0.39 is 5.76 Å². The van der Waals surface area contributed by atoms with Crippen LogP contribution in [0.25, 0.3) is 0 Å². The number of alkyl halides is 2. The molecule has 0 bridgehead atoms. The van der Waals surface area contributed by atoms with Crippen LogP contribution in [-0.2, 0) is 12.3 Å². The number of likely N-dealkylation sites (N-methyl/N-ethyl adjacent to an activating group) is 1. The van der Waals surface area contributed by atoms with Gasteiger partial charge < -0.3 is 9.73 Å². The van der Waals surface area contributed by atoms with Gasteiger partial charge in [-0.25, -0.2) is 0 Å². The Labute approximate surface area is 123 Å². The first-order chi connectivity index (χ1) is 9.69. The van der Waals surface area contributed by atoms with Gasteiger partial charge in [-0.05, 0) is 31.5 Å². The van der Waals surface area contributed by atoms with Gasteiger partial charge in [-0.3, -0.25) is 4.90 Å². The molecule has 1 aliphatic carbocycles. The molecule has 0 radical (unpaired) electrons. The second kappa shape index (κ2) is 8.00. The third-order valence-electron chi connectivity index (χ3n) is 3.41. The largest absolute Gasteiger partial charge is 0.464 e. The van der Waals surface area contributed by atoms with Crippen molar-refractivity contribution >= 4 is 11.8 Å². The van der Waals surface area contributed by atoms with Gasteiger partial charge in [0.05, 0.1) is 12.3 Å². The molecule has 0 aliphatic heterocycles.